The third-order valence-electron chi connectivity index (χ3n) is 2.28. The van der Waals surface area contributed by atoms with Gasteiger partial charge in [-0.15, -0.1) is 11.3 Å². The lowest BCUT2D eigenvalue weighted by Gasteiger charge is -2.03. The van der Waals surface area contributed by atoms with Crippen LogP contribution in [0.25, 0.3) is 0 Å². The molecule has 98 valence electrons. The monoisotopic (exact) mass is 298 g/mol. The van der Waals surface area contributed by atoms with E-state index in [1.165, 1.54) is 18.2 Å². The number of rotatable bonds is 4. The van der Waals surface area contributed by atoms with E-state index in [9.17, 15) is 14.0 Å². The number of Topliss-reactive ketones (excluding diaryl/α,β-unsaturated/α-hetero) is 1. The Bertz CT molecular complexity index is 624. The van der Waals surface area contributed by atoms with Crippen LogP contribution >= 0.6 is 22.9 Å². The van der Waals surface area contributed by atoms with Crippen LogP contribution in [-0.4, -0.2) is 18.4 Å². The first-order valence-corrected chi connectivity index (χ1v) is 6.47. The van der Waals surface area contributed by atoms with Crippen LogP contribution in [0.1, 0.15) is 20.0 Å². The normalized spacial score (nSPS) is 10.2. The number of halogens is 2. The van der Waals surface area contributed by atoms with Crippen LogP contribution in [-0.2, 0) is 4.74 Å². The van der Waals surface area contributed by atoms with Crippen molar-refractivity contribution in [1.29, 1.82) is 0 Å². The number of carbonyl (C=O) groups is 2. The molecule has 1 heterocycles. The molecular formula is C13H8ClFO3S. The van der Waals surface area contributed by atoms with Crippen molar-refractivity contribution in [3.8, 4) is 0 Å². The molecule has 1 aromatic carbocycles. The minimum atomic E-state index is -0.867. The molecule has 2 rings (SSSR count). The average molecular weight is 299 g/mol. The smallest absolute Gasteiger partial charge is 0.341 e. The summed E-state index contributed by atoms with van der Waals surface area (Å²) < 4.78 is 18.5. The van der Waals surface area contributed by atoms with Gasteiger partial charge in [0.15, 0.2) is 6.61 Å². The first kappa shape index (κ1) is 13.7. The highest BCUT2D eigenvalue weighted by Gasteiger charge is 2.15. The summed E-state index contributed by atoms with van der Waals surface area (Å²) in [5.41, 5.74) is -0.195. The lowest BCUT2D eigenvalue weighted by Crippen LogP contribution is -2.14. The molecule has 0 aliphatic rings. The number of ether oxygens (including phenoxy) is 1. The Hall–Kier alpha value is -1.72. The van der Waals surface area contributed by atoms with Crippen molar-refractivity contribution >= 4 is 34.7 Å². The van der Waals surface area contributed by atoms with Crippen LogP contribution in [0.3, 0.4) is 0 Å². The Morgan fingerprint density at radius 1 is 1.21 bits per heavy atom. The molecule has 0 saturated heterocycles. The molecule has 0 aliphatic carbocycles. The van der Waals surface area contributed by atoms with Crippen molar-refractivity contribution < 1.29 is 18.7 Å². The molecule has 0 amide bonds. The van der Waals surface area contributed by atoms with Crippen molar-refractivity contribution in [3.63, 3.8) is 0 Å². The lowest BCUT2D eigenvalue weighted by molar-refractivity contribution is 0.0471. The molecule has 0 aliphatic heterocycles. The summed E-state index contributed by atoms with van der Waals surface area (Å²) in [6.07, 6.45) is 0. The van der Waals surface area contributed by atoms with Crippen LogP contribution in [0.5, 0.6) is 0 Å². The van der Waals surface area contributed by atoms with Crippen molar-refractivity contribution in [2.75, 3.05) is 6.61 Å². The van der Waals surface area contributed by atoms with Gasteiger partial charge < -0.3 is 4.74 Å². The SMILES string of the molecule is O=C(COC(=O)c1ccccc1F)c1ccc(Cl)s1. The molecular weight excluding hydrogens is 291 g/mol. The first-order valence-electron chi connectivity index (χ1n) is 5.28. The number of carbonyl (C=O) groups excluding carboxylic acids is 2. The van der Waals surface area contributed by atoms with Crippen molar-refractivity contribution in [2.24, 2.45) is 0 Å². The van der Waals surface area contributed by atoms with Gasteiger partial charge in [0.1, 0.15) is 5.82 Å². The Labute approximate surface area is 117 Å². The topological polar surface area (TPSA) is 43.4 Å². The fourth-order valence-corrected chi connectivity index (χ4v) is 2.34. The van der Waals surface area contributed by atoms with Gasteiger partial charge in [0.2, 0.25) is 5.78 Å². The van der Waals surface area contributed by atoms with Crippen LogP contribution in [0.2, 0.25) is 4.34 Å². The fraction of sp³-hybridized carbons (Fsp3) is 0.0769. The number of hydrogen-bond donors (Lipinski definition) is 0. The maximum Gasteiger partial charge on any atom is 0.341 e. The van der Waals surface area contributed by atoms with Gasteiger partial charge in [-0.2, -0.15) is 0 Å². The highest BCUT2D eigenvalue weighted by atomic mass is 35.5. The molecule has 0 spiro atoms. The second-order valence-corrected chi connectivity index (χ2v) is 5.30. The Morgan fingerprint density at radius 2 is 1.95 bits per heavy atom. The van der Waals surface area contributed by atoms with E-state index in [-0.39, 0.29) is 11.3 Å². The second-order valence-electron chi connectivity index (χ2n) is 3.58. The first-order chi connectivity index (χ1) is 9.08. The molecule has 0 radical (unpaired) electrons. The van der Waals surface area contributed by atoms with Crippen LogP contribution in [0, 0.1) is 5.82 Å². The maximum absolute atomic E-state index is 13.3. The van der Waals surface area contributed by atoms with E-state index in [1.54, 1.807) is 12.1 Å². The zero-order chi connectivity index (χ0) is 13.8. The van der Waals surface area contributed by atoms with Gasteiger partial charge in [-0.05, 0) is 24.3 Å². The molecule has 0 atom stereocenters. The highest BCUT2D eigenvalue weighted by molar-refractivity contribution is 7.18. The quantitative estimate of drug-likeness (QED) is 0.640. The molecule has 19 heavy (non-hydrogen) atoms. The number of esters is 1. The Kier molecular flexibility index (Phi) is 4.29. The van der Waals surface area contributed by atoms with Gasteiger partial charge in [-0.1, -0.05) is 23.7 Å². The minimum absolute atomic E-state index is 0.195. The molecule has 0 unspecified atom stereocenters. The van der Waals surface area contributed by atoms with E-state index < -0.39 is 18.4 Å². The standard InChI is InChI=1S/C13H8ClFO3S/c14-12-6-5-11(19-12)10(16)7-18-13(17)8-3-1-2-4-9(8)15/h1-6H,7H2. The van der Waals surface area contributed by atoms with E-state index in [0.29, 0.717) is 9.21 Å². The van der Waals surface area contributed by atoms with E-state index in [4.69, 9.17) is 16.3 Å². The summed E-state index contributed by atoms with van der Waals surface area (Å²) in [4.78, 5) is 23.6. The summed E-state index contributed by atoms with van der Waals surface area (Å²) in [7, 11) is 0. The van der Waals surface area contributed by atoms with Crippen LogP contribution < -0.4 is 0 Å². The van der Waals surface area contributed by atoms with Gasteiger partial charge in [0.25, 0.3) is 0 Å². The highest BCUT2D eigenvalue weighted by Crippen LogP contribution is 2.21. The summed E-state index contributed by atoms with van der Waals surface area (Å²) >= 11 is 6.79. The minimum Gasteiger partial charge on any atom is -0.454 e. The third-order valence-corrected chi connectivity index (χ3v) is 3.55. The number of ketones is 1. The molecule has 1 aromatic heterocycles. The van der Waals surface area contributed by atoms with E-state index in [2.05, 4.69) is 0 Å². The Morgan fingerprint density at radius 3 is 2.58 bits per heavy atom. The average Bonchev–Trinajstić information content (AvgIpc) is 2.83. The predicted octanol–water partition coefficient (Wildman–Crippen LogP) is 3.58. The number of hydrogen-bond acceptors (Lipinski definition) is 4. The molecule has 0 bridgehead atoms. The van der Waals surface area contributed by atoms with Gasteiger partial charge in [0, 0.05) is 0 Å². The molecule has 0 saturated carbocycles. The van der Waals surface area contributed by atoms with Gasteiger partial charge in [0.05, 0.1) is 14.8 Å². The lowest BCUT2D eigenvalue weighted by atomic mass is 10.2. The second kappa shape index (κ2) is 5.95. The third kappa shape index (κ3) is 3.39. The van der Waals surface area contributed by atoms with E-state index in [0.717, 1.165) is 17.4 Å². The summed E-state index contributed by atoms with van der Waals surface area (Å²) in [6.45, 7) is -0.440. The van der Waals surface area contributed by atoms with Crippen LogP contribution in [0.4, 0.5) is 4.39 Å². The zero-order valence-corrected chi connectivity index (χ0v) is 11.1. The Balaban J connectivity index is 1.98. The van der Waals surface area contributed by atoms with Gasteiger partial charge >= 0.3 is 5.97 Å². The maximum atomic E-state index is 13.3. The summed E-state index contributed by atoms with van der Waals surface area (Å²) in [6, 6.07) is 8.55. The van der Waals surface area contributed by atoms with E-state index in [1.807, 2.05) is 0 Å². The van der Waals surface area contributed by atoms with Gasteiger partial charge in [-0.25, -0.2) is 9.18 Å². The zero-order valence-electron chi connectivity index (χ0n) is 9.56. The molecule has 0 fully saturated rings. The number of thiophene rings is 1. The van der Waals surface area contributed by atoms with Crippen molar-refractivity contribution in [3.05, 3.63) is 57.0 Å². The van der Waals surface area contributed by atoms with Crippen LogP contribution in [0.15, 0.2) is 36.4 Å². The molecule has 2 aromatic rings. The predicted molar refractivity (Wildman–Crippen MR) is 70.3 cm³/mol. The number of benzene rings is 1. The van der Waals surface area contributed by atoms with E-state index >= 15 is 0 Å². The fourth-order valence-electron chi connectivity index (χ4n) is 1.37. The molecule has 3 nitrogen and oxygen atoms in total. The van der Waals surface area contributed by atoms with Crippen molar-refractivity contribution in [1.82, 2.24) is 0 Å². The van der Waals surface area contributed by atoms with Gasteiger partial charge in [-0.3, -0.25) is 4.79 Å². The van der Waals surface area contributed by atoms with Crippen molar-refractivity contribution in [2.45, 2.75) is 0 Å². The largest absolute Gasteiger partial charge is 0.454 e. The molecule has 0 N–H and O–H groups in total. The molecule has 6 heteroatoms. The summed E-state index contributed by atoms with van der Waals surface area (Å²) in [5.74, 6) is -1.92. The summed E-state index contributed by atoms with van der Waals surface area (Å²) in [5, 5.41) is 0.